The molecule has 0 spiro atoms. The van der Waals surface area contributed by atoms with Gasteiger partial charge in [-0.15, -0.1) is 0 Å². The van der Waals surface area contributed by atoms with Crippen molar-refractivity contribution in [3.8, 4) is 5.75 Å². The van der Waals surface area contributed by atoms with E-state index in [4.69, 9.17) is 4.74 Å². The zero-order valence-electron chi connectivity index (χ0n) is 9.15. The zero-order chi connectivity index (χ0) is 10.7. The second-order valence-electron chi connectivity index (χ2n) is 4.27. The number of aliphatic hydroxyl groups is 1. The molecular formula is C13H18O2. The number of hydrogen-bond donors (Lipinski definition) is 1. The van der Waals surface area contributed by atoms with E-state index in [1.807, 2.05) is 31.2 Å². The van der Waals surface area contributed by atoms with E-state index in [0.29, 0.717) is 0 Å². The average Bonchev–Trinajstić information content (AvgIpc) is 2.24. The van der Waals surface area contributed by atoms with Gasteiger partial charge in [-0.1, -0.05) is 24.6 Å². The van der Waals surface area contributed by atoms with Gasteiger partial charge in [0.1, 0.15) is 11.9 Å². The van der Waals surface area contributed by atoms with Gasteiger partial charge in [-0.3, -0.25) is 0 Å². The minimum Gasteiger partial charge on any atom is -0.487 e. The lowest BCUT2D eigenvalue weighted by Crippen LogP contribution is -2.34. The molecule has 2 rings (SSSR count). The molecule has 82 valence electrons. The van der Waals surface area contributed by atoms with E-state index in [9.17, 15) is 5.11 Å². The van der Waals surface area contributed by atoms with Crippen LogP contribution in [0.4, 0.5) is 0 Å². The van der Waals surface area contributed by atoms with Gasteiger partial charge in [0.15, 0.2) is 0 Å². The highest BCUT2D eigenvalue weighted by atomic mass is 16.5. The molecule has 0 radical (unpaired) electrons. The molecule has 0 aromatic heterocycles. The van der Waals surface area contributed by atoms with Crippen LogP contribution in [0, 0.1) is 6.92 Å². The van der Waals surface area contributed by atoms with Crippen LogP contribution in [0.3, 0.4) is 0 Å². The first kappa shape index (κ1) is 10.5. The Morgan fingerprint density at radius 3 is 2.67 bits per heavy atom. The third kappa shape index (κ3) is 2.51. The molecule has 1 aromatic carbocycles. The minimum atomic E-state index is -0.293. The number of rotatable bonds is 2. The third-order valence-electron chi connectivity index (χ3n) is 3.04. The lowest BCUT2D eigenvalue weighted by molar-refractivity contribution is 0.00654. The van der Waals surface area contributed by atoms with Crippen LogP contribution in [-0.2, 0) is 0 Å². The van der Waals surface area contributed by atoms with Gasteiger partial charge in [-0.2, -0.15) is 0 Å². The van der Waals surface area contributed by atoms with E-state index >= 15 is 0 Å². The van der Waals surface area contributed by atoms with Crippen molar-refractivity contribution >= 4 is 0 Å². The Morgan fingerprint density at radius 1 is 1.20 bits per heavy atom. The van der Waals surface area contributed by atoms with Crippen LogP contribution in [0.1, 0.15) is 31.2 Å². The second-order valence-corrected chi connectivity index (χ2v) is 4.27. The number of aliphatic hydroxyl groups excluding tert-OH is 1. The molecule has 1 aromatic rings. The molecule has 0 bridgehead atoms. The topological polar surface area (TPSA) is 29.5 Å². The third-order valence-corrected chi connectivity index (χ3v) is 3.04. The molecule has 1 aliphatic rings. The smallest absolute Gasteiger partial charge is 0.124 e. The van der Waals surface area contributed by atoms with Gasteiger partial charge < -0.3 is 9.84 Å². The Hall–Kier alpha value is -1.02. The Labute approximate surface area is 90.9 Å². The van der Waals surface area contributed by atoms with Gasteiger partial charge in [0.2, 0.25) is 0 Å². The summed E-state index contributed by atoms with van der Waals surface area (Å²) < 4.78 is 5.85. The van der Waals surface area contributed by atoms with Crippen LogP contribution in [0.5, 0.6) is 5.75 Å². The molecule has 2 atom stereocenters. The first-order chi connectivity index (χ1) is 7.27. The molecule has 0 unspecified atom stereocenters. The van der Waals surface area contributed by atoms with Crippen molar-refractivity contribution < 1.29 is 9.84 Å². The van der Waals surface area contributed by atoms with E-state index in [0.717, 1.165) is 37.0 Å². The van der Waals surface area contributed by atoms with Crippen molar-refractivity contribution in [1.29, 1.82) is 0 Å². The highest BCUT2D eigenvalue weighted by Crippen LogP contribution is 2.25. The molecule has 1 aliphatic carbocycles. The summed E-state index contributed by atoms with van der Waals surface area (Å²) in [7, 11) is 0. The lowest BCUT2D eigenvalue weighted by Gasteiger charge is -2.28. The van der Waals surface area contributed by atoms with E-state index in [-0.39, 0.29) is 12.2 Å². The van der Waals surface area contributed by atoms with Gasteiger partial charge >= 0.3 is 0 Å². The summed E-state index contributed by atoms with van der Waals surface area (Å²) in [6.45, 7) is 2.03. The van der Waals surface area contributed by atoms with Crippen molar-refractivity contribution in [1.82, 2.24) is 0 Å². The number of ether oxygens (including phenoxy) is 1. The lowest BCUT2D eigenvalue weighted by atomic mass is 9.95. The van der Waals surface area contributed by atoms with Gasteiger partial charge in [-0.05, 0) is 37.8 Å². The molecule has 1 N–H and O–H groups in total. The largest absolute Gasteiger partial charge is 0.487 e. The Balaban J connectivity index is 2.04. The summed E-state index contributed by atoms with van der Waals surface area (Å²) in [5, 5.41) is 9.80. The summed E-state index contributed by atoms with van der Waals surface area (Å²) in [4.78, 5) is 0. The minimum absolute atomic E-state index is 0.0140. The van der Waals surface area contributed by atoms with Gasteiger partial charge in [0, 0.05) is 0 Å². The summed E-state index contributed by atoms with van der Waals surface area (Å²) in [5.41, 5.74) is 1.13. The number of aryl methyl sites for hydroxylation is 1. The maximum atomic E-state index is 9.80. The molecule has 15 heavy (non-hydrogen) atoms. The zero-order valence-corrected chi connectivity index (χ0v) is 9.15. The molecule has 0 heterocycles. The van der Waals surface area contributed by atoms with Crippen molar-refractivity contribution in [2.75, 3.05) is 0 Å². The molecule has 0 saturated heterocycles. The van der Waals surface area contributed by atoms with E-state index in [1.165, 1.54) is 0 Å². The SMILES string of the molecule is Cc1ccccc1O[C@H]1CCCC[C@@H]1O. The first-order valence-electron chi connectivity index (χ1n) is 5.68. The van der Waals surface area contributed by atoms with E-state index < -0.39 is 0 Å². The summed E-state index contributed by atoms with van der Waals surface area (Å²) >= 11 is 0. The Bertz CT molecular complexity index is 322. The first-order valence-corrected chi connectivity index (χ1v) is 5.68. The van der Waals surface area contributed by atoms with Crippen molar-refractivity contribution in [2.24, 2.45) is 0 Å². The van der Waals surface area contributed by atoms with Crippen LogP contribution in [0.15, 0.2) is 24.3 Å². The van der Waals surface area contributed by atoms with Gasteiger partial charge in [0.05, 0.1) is 6.10 Å². The fraction of sp³-hybridized carbons (Fsp3) is 0.538. The number of hydrogen-bond acceptors (Lipinski definition) is 2. The highest BCUT2D eigenvalue weighted by Gasteiger charge is 2.24. The van der Waals surface area contributed by atoms with Crippen molar-refractivity contribution in [2.45, 2.75) is 44.8 Å². The Kier molecular flexibility index (Phi) is 3.27. The molecule has 0 aliphatic heterocycles. The van der Waals surface area contributed by atoms with Crippen LogP contribution < -0.4 is 4.74 Å². The highest BCUT2D eigenvalue weighted by molar-refractivity contribution is 5.32. The second kappa shape index (κ2) is 4.67. The van der Waals surface area contributed by atoms with E-state index in [2.05, 4.69) is 0 Å². The van der Waals surface area contributed by atoms with Crippen molar-refractivity contribution in [3.05, 3.63) is 29.8 Å². The van der Waals surface area contributed by atoms with Crippen LogP contribution >= 0.6 is 0 Å². The van der Waals surface area contributed by atoms with Crippen LogP contribution in [-0.4, -0.2) is 17.3 Å². The molecular weight excluding hydrogens is 188 g/mol. The Morgan fingerprint density at radius 2 is 1.93 bits per heavy atom. The van der Waals surface area contributed by atoms with Gasteiger partial charge in [-0.25, -0.2) is 0 Å². The molecule has 2 heteroatoms. The van der Waals surface area contributed by atoms with E-state index in [1.54, 1.807) is 0 Å². The molecule has 1 fully saturated rings. The molecule has 0 amide bonds. The summed E-state index contributed by atoms with van der Waals surface area (Å²) in [5.74, 6) is 0.906. The van der Waals surface area contributed by atoms with Gasteiger partial charge in [0.25, 0.3) is 0 Å². The standard InChI is InChI=1S/C13H18O2/c1-10-6-2-4-8-12(10)15-13-9-5-3-7-11(13)14/h2,4,6,8,11,13-14H,3,5,7,9H2,1H3/t11-,13-/m0/s1. The van der Waals surface area contributed by atoms with Crippen molar-refractivity contribution in [3.63, 3.8) is 0 Å². The average molecular weight is 206 g/mol. The fourth-order valence-corrected chi connectivity index (χ4v) is 2.07. The number of benzene rings is 1. The molecule has 1 saturated carbocycles. The fourth-order valence-electron chi connectivity index (χ4n) is 2.07. The monoisotopic (exact) mass is 206 g/mol. The normalized spacial score (nSPS) is 26.3. The summed E-state index contributed by atoms with van der Waals surface area (Å²) in [6, 6.07) is 7.97. The quantitative estimate of drug-likeness (QED) is 0.806. The number of para-hydroxylation sites is 1. The maximum absolute atomic E-state index is 9.80. The van der Waals surface area contributed by atoms with Crippen LogP contribution in [0.2, 0.25) is 0 Å². The molecule has 2 nitrogen and oxygen atoms in total. The maximum Gasteiger partial charge on any atom is 0.124 e. The van der Waals surface area contributed by atoms with Crippen LogP contribution in [0.25, 0.3) is 0 Å². The predicted octanol–water partition coefficient (Wildman–Crippen LogP) is 2.68. The predicted molar refractivity (Wildman–Crippen MR) is 60.1 cm³/mol. The summed E-state index contributed by atoms with van der Waals surface area (Å²) in [6.07, 6.45) is 3.81.